The van der Waals surface area contributed by atoms with Crippen LogP contribution in [0.1, 0.15) is 12.7 Å². The number of aromatic nitrogens is 4. The van der Waals surface area contributed by atoms with Gasteiger partial charge >= 0.3 is 0 Å². The quantitative estimate of drug-likeness (QED) is 0.866. The fourth-order valence-corrected chi connectivity index (χ4v) is 2.17. The zero-order chi connectivity index (χ0) is 13.1. The lowest BCUT2D eigenvalue weighted by molar-refractivity contribution is 0.683. The van der Waals surface area contributed by atoms with E-state index in [0.29, 0.717) is 22.4 Å². The lowest BCUT2D eigenvalue weighted by Gasteiger charge is -2.18. The average Bonchev–Trinajstić information content (AvgIpc) is 2.76. The molecule has 0 aliphatic heterocycles. The van der Waals surface area contributed by atoms with E-state index in [9.17, 15) is 0 Å². The molecule has 7 heteroatoms. The highest BCUT2D eigenvalue weighted by molar-refractivity contribution is 6.35. The van der Waals surface area contributed by atoms with E-state index in [0.717, 1.165) is 12.4 Å². The minimum Gasteiger partial charge on any atom is -0.351 e. The molecule has 0 bridgehead atoms. The first-order chi connectivity index (χ1) is 8.61. The van der Waals surface area contributed by atoms with E-state index < -0.39 is 0 Å². The Morgan fingerprint density at radius 1 is 1.39 bits per heavy atom. The SMILES string of the molecule is CCn1cnnc1CN(C)c1ncc(Cl)cc1Cl. The Balaban J connectivity index is 2.19. The Kier molecular flexibility index (Phi) is 4.04. The van der Waals surface area contributed by atoms with Gasteiger partial charge in [-0.1, -0.05) is 23.2 Å². The summed E-state index contributed by atoms with van der Waals surface area (Å²) >= 11 is 11.9. The topological polar surface area (TPSA) is 46.8 Å². The second-order valence-electron chi connectivity index (χ2n) is 3.85. The minimum absolute atomic E-state index is 0.521. The van der Waals surface area contributed by atoms with Gasteiger partial charge in [-0.3, -0.25) is 0 Å². The van der Waals surface area contributed by atoms with Crippen molar-refractivity contribution in [2.45, 2.75) is 20.0 Å². The molecule has 2 rings (SSSR count). The van der Waals surface area contributed by atoms with Crippen molar-refractivity contribution in [1.82, 2.24) is 19.7 Å². The van der Waals surface area contributed by atoms with Gasteiger partial charge in [-0.15, -0.1) is 10.2 Å². The Morgan fingerprint density at radius 2 is 2.17 bits per heavy atom. The number of aryl methyl sites for hydroxylation is 1. The molecule has 0 fully saturated rings. The van der Waals surface area contributed by atoms with Crippen molar-refractivity contribution in [2.24, 2.45) is 0 Å². The molecule has 2 aromatic heterocycles. The van der Waals surface area contributed by atoms with Crippen LogP contribution in [0.25, 0.3) is 0 Å². The molecule has 0 aliphatic rings. The second kappa shape index (κ2) is 5.54. The molecule has 0 radical (unpaired) electrons. The molecule has 2 aromatic rings. The van der Waals surface area contributed by atoms with Gasteiger partial charge in [0, 0.05) is 19.8 Å². The van der Waals surface area contributed by atoms with E-state index in [1.54, 1.807) is 18.6 Å². The van der Waals surface area contributed by atoms with Gasteiger partial charge in [-0.2, -0.15) is 0 Å². The smallest absolute Gasteiger partial charge is 0.152 e. The van der Waals surface area contributed by atoms with Crippen molar-refractivity contribution < 1.29 is 0 Å². The molecule has 0 aromatic carbocycles. The van der Waals surface area contributed by atoms with E-state index >= 15 is 0 Å². The summed E-state index contributed by atoms with van der Waals surface area (Å²) in [5, 5.41) is 9.01. The Bertz CT molecular complexity index is 540. The minimum atomic E-state index is 0.521. The summed E-state index contributed by atoms with van der Waals surface area (Å²) < 4.78 is 1.97. The molecule has 0 saturated heterocycles. The van der Waals surface area contributed by atoms with Crippen LogP contribution in [-0.2, 0) is 13.1 Å². The lowest BCUT2D eigenvalue weighted by atomic mass is 10.4. The highest BCUT2D eigenvalue weighted by atomic mass is 35.5. The maximum atomic E-state index is 6.11. The fraction of sp³-hybridized carbons (Fsp3) is 0.364. The molecule has 96 valence electrons. The van der Waals surface area contributed by atoms with Crippen LogP contribution in [-0.4, -0.2) is 26.8 Å². The van der Waals surface area contributed by atoms with Crippen LogP contribution < -0.4 is 4.90 Å². The van der Waals surface area contributed by atoms with Gasteiger partial charge in [0.25, 0.3) is 0 Å². The van der Waals surface area contributed by atoms with Crippen molar-refractivity contribution >= 4 is 29.0 Å². The molecule has 5 nitrogen and oxygen atoms in total. The van der Waals surface area contributed by atoms with Crippen molar-refractivity contribution in [3.63, 3.8) is 0 Å². The average molecular weight is 286 g/mol. The first-order valence-electron chi connectivity index (χ1n) is 5.50. The number of hydrogen-bond donors (Lipinski definition) is 0. The van der Waals surface area contributed by atoms with Crippen LogP contribution in [0, 0.1) is 0 Å². The number of hydrogen-bond acceptors (Lipinski definition) is 4. The van der Waals surface area contributed by atoms with Crippen molar-refractivity contribution in [2.75, 3.05) is 11.9 Å². The predicted molar refractivity (Wildman–Crippen MR) is 72.1 cm³/mol. The van der Waals surface area contributed by atoms with E-state index in [1.807, 2.05) is 23.4 Å². The highest BCUT2D eigenvalue weighted by Gasteiger charge is 2.12. The van der Waals surface area contributed by atoms with Crippen molar-refractivity contribution in [3.05, 3.63) is 34.5 Å². The third kappa shape index (κ3) is 2.73. The zero-order valence-corrected chi connectivity index (χ0v) is 11.7. The third-order valence-corrected chi connectivity index (χ3v) is 3.05. The Morgan fingerprint density at radius 3 is 2.83 bits per heavy atom. The van der Waals surface area contributed by atoms with Crippen LogP contribution in [0.15, 0.2) is 18.6 Å². The molecular weight excluding hydrogens is 273 g/mol. The predicted octanol–water partition coefficient (Wildman–Crippen LogP) is 2.64. The highest BCUT2D eigenvalue weighted by Crippen LogP contribution is 2.25. The summed E-state index contributed by atoms with van der Waals surface area (Å²) in [6, 6.07) is 1.67. The van der Waals surface area contributed by atoms with E-state index in [-0.39, 0.29) is 0 Å². The van der Waals surface area contributed by atoms with E-state index in [2.05, 4.69) is 15.2 Å². The molecule has 0 saturated carbocycles. The molecular formula is C11H13Cl2N5. The third-order valence-electron chi connectivity index (χ3n) is 2.56. The Hall–Kier alpha value is -1.33. The number of rotatable bonds is 4. The van der Waals surface area contributed by atoms with Crippen LogP contribution in [0.4, 0.5) is 5.82 Å². The van der Waals surface area contributed by atoms with E-state index in [4.69, 9.17) is 23.2 Å². The first-order valence-corrected chi connectivity index (χ1v) is 6.26. The van der Waals surface area contributed by atoms with Crippen LogP contribution in [0.5, 0.6) is 0 Å². The summed E-state index contributed by atoms with van der Waals surface area (Å²) in [6.45, 7) is 3.46. The van der Waals surface area contributed by atoms with Crippen LogP contribution >= 0.6 is 23.2 Å². The summed E-state index contributed by atoms with van der Waals surface area (Å²) in [6.07, 6.45) is 3.28. The molecule has 0 amide bonds. The molecule has 0 atom stereocenters. The number of pyridine rings is 1. The van der Waals surface area contributed by atoms with Gasteiger partial charge in [0.05, 0.1) is 16.6 Å². The molecule has 0 spiro atoms. The van der Waals surface area contributed by atoms with Crippen LogP contribution in [0.2, 0.25) is 10.0 Å². The molecule has 18 heavy (non-hydrogen) atoms. The van der Waals surface area contributed by atoms with Crippen LogP contribution in [0.3, 0.4) is 0 Å². The summed E-state index contributed by atoms with van der Waals surface area (Å²) in [4.78, 5) is 6.13. The largest absolute Gasteiger partial charge is 0.351 e. The van der Waals surface area contributed by atoms with Crippen molar-refractivity contribution in [3.8, 4) is 0 Å². The van der Waals surface area contributed by atoms with Crippen molar-refractivity contribution in [1.29, 1.82) is 0 Å². The summed E-state index contributed by atoms with van der Waals surface area (Å²) in [7, 11) is 1.90. The van der Waals surface area contributed by atoms with Gasteiger partial charge in [0.15, 0.2) is 5.82 Å². The maximum Gasteiger partial charge on any atom is 0.152 e. The normalized spacial score (nSPS) is 10.7. The second-order valence-corrected chi connectivity index (χ2v) is 4.69. The van der Waals surface area contributed by atoms with Gasteiger partial charge in [0.2, 0.25) is 0 Å². The lowest BCUT2D eigenvalue weighted by Crippen LogP contribution is -2.20. The molecule has 0 aliphatic carbocycles. The molecule has 2 heterocycles. The zero-order valence-electron chi connectivity index (χ0n) is 10.1. The Labute approximate surface area is 115 Å². The molecule has 0 unspecified atom stereocenters. The monoisotopic (exact) mass is 285 g/mol. The van der Waals surface area contributed by atoms with Gasteiger partial charge < -0.3 is 9.47 Å². The first kappa shape index (κ1) is 13.1. The van der Waals surface area contributed by atoms with Gasteiger partial charge in [0.1, 0.15) is 12.1 Å². The van der Waals surface area contributed by atoms with Gasteiger partial charge in [-0.05, 0) is 13.0 Å². The summed E-state index contributed by atoms with van der Waals surface area (Å²) in [5.74, 6) is 1.54. The van der Waals surface area contributed by atoms with E-state index in [1.165, 1.54) is 0 Å². The number of anilines is 1. The standard InChI is InChI=1S/C11H13Cl2N5/c1-3-18-7-15-16-10(18)6-17(2)11-9(13)4-8(12)5-14-11/h4-5,7H,3,6H2,1-2H3. The summed E-state index contributed by atoms with van der Waals surface area (Å²) in [5.41, 5.74) is 0. The number of nitrogens with zero attached hydrogens (tertiary/aromatic N) is 5. The van der Waals surface area contributed by atoms with Gasteiger partial charge in [-0.25, -0.2) is 4.98 Å². The number of halogens is 2. The maximum absolute atomic E-state index is 6.11. The fourth-order valence-electron chi connectivity index (χ4n) is 1.64. The molecule has 0 N–H and O–H groups in total.